The zero-order chi connectivity index (χ0) is 24.9. The van der Waals surface area contributed by atoms with Crippen LogP contribution in [0.25, 0.3) is 11.4 Å². The van der Waals surface area contributed by atoms with Crippen molar-refractivity contribution in [1.82, 2.24) is 15.1 Å². The van der Waals surface area contributed by atoms with Gasteiger partial charge in [0.2, 0.25) is 11.7 Å². The number of amides is 1. The fraction of sp³-hybridized carbons (Fsp3) is 0.320. The third-order valence-electron chi connectivity index (χ3n) is 6.29. The van der Waals surface area contributed by atoms with Crippen molar-refractivity contribution in [3.8, 4) is 11.8 Å². The van der Waals surface area contributed by atoms with Gasteiger partial charge in [0.15, 0.2) is 0 Å². The van der Waals surface area contributed by atoms with Gasteiger partial charge in [0.1, 0.15) is 22.9 Å². The molecule has 2 fully saturated rings. The van der Waals surface area contributed by atoms with Gasteiger partial charge in [-0.3, -0.25) is 10.1 Å². The third-order valence-corrected chi connectivity index (χ3v) is 6.29. The van der Waals surface area contributed by atoms with E-state index >= 15 is 0 Å². The van der Waals surface area contributed by atoms with Gasteiger partial charge in [0.25, 0.3) is 17.3 Å². The van der Waals surface area contributed by atoms with Gasteiger partial charge >= 0.3 is 12.1 Å². The zero-order valence-corrected chi connectivity index (χ0v) is 19.1. The fourth-order valence-corrected chi connectivity index (χ4v) is 3.88. The standard InChI is InChI=1S/C25H20N4O7/c1-13(14-5-3-2-4-6-14)33-24(32)27-19-16(36-29-18(19)15-7-8-15)9-10-17-26-20-21(34-17)28-22(35-20)25(11-12-25)23(30)31/h2-6,13,15H,7-8,11-12H2,1H3,(H,27,32)(H,30,31). The molecule has 2 N–H and O–H groups in total. The maximum atomic E-state index is 12.6. The lowest BCUT2D eigenvalue weighted by Crippen LogP contribution is -2.19. The van der Waals surface area contributed by atoms with E-state index < -0.39 is 23.6 Å². The summed E-state index contributed by atoms with van der Waals surface area (Å²) in [4.78, 5) is 32.4. The molecule has 36 heavy (non-hydrogen) atoms. The Morgan fingerprint density at radius 2 is 1.89 bits per heavy atom. The van der Waals surface area contributed by atoms with Crippen LogP contribution in [-0.2, 0) is 14.9 Å². The van der Waals surface area contributed by atoms with Gasteiger partial charge in [-0.2, -0.15) is 9.97 Å². The molecule has 0 bridgehead atoms. The van der Waals surface area contributed by atoms with Crippen LogP contribution < -0.4 is 5.32 Å². The first-order valence-electron chi connectivity index (χ1n) is 11.5. The van der Waals surface area contributed by atoms with Crippen LogP contribution >= 0.6 is 0 Å². The van der Waals surface area contributed by atoms with Gasteiger partial charge in [-0.25, -0.2) is 4.79 Å². The smallest absolute Gasteiger partial charge is 0.412 e. The van der Waals surface area contributed by atoms with Crippen LogP contribution in [0.3, 0.4) is 0 Å². The second kappa shape index (κ2) is 8.27. The highest BCUT2D eigenvalue weighted by Crippen LogP contribution is 2.48. The number of benzene rings is 1. The van der Waals surface area contributed by atoms with Crippen molar-refractivity contribution >= 4 is 29.2 Å². The molecule has 0 spiro atoms. The van der Waals surface area contributed by atoms with Crippen LogP contribution in [0.4, 0.5) is 10.5 Å². The molecule has 11 nitrogen and oxygen atoms in total. The van der Waals surface area contributed by atoms with E-state index in [4.69, 9.17) is 18.1 Å². The van der Waals surface area contributed by atoms with Crippen LogP contribution in [0.1, 0.15) is 73.4 Å². The Balaban J connectivity index is 1.21. The number of hydrogen-bond donors (Lipinski definition) is 2. The number of nitrogens with zero attached hydrogens (tertiary/aromatic N) is 3. The number of carboxylic acid groups (broad SMARTS) is 1. The van der Waals surface area contributed by atoms with Crippen molar-refractivity contribution in [3.05, 3.63) is 59.1 Å². The first-order chi connectivity index (χ1) is 17.4. The average Bonchev–Trinajstić information content (AvgIpc) is 3.76. The van der Waals surface area contributed by atoms with Gasteiger partial charge in [-0.05, 0) is 44.1 Å². The number of ether oxygens (including phenoxy) is 1. The van der Waals surface area contributed by atoms with Crippen molar-refractivity contribution in [2.24, 2.45) is 0 Å². The number of hydrogen-bond acceptors (Lipinski definition) is 9. The molecule has 3 aromatic heterocycles. The minimum absolute atomic E-state index is 0.00132. The van der Waals surface area contributed by atoms with Gasteiger partial charge in [-0.15, -0.1) is 0 Å². The first-order valence-corrected chi connectivity index (χ1v) is 11.5. The van der Waals surface area contributed by atoms with E-state index in [2.05, 4.69) is 32.3 Å². The topological polar surface area (TPSA) is 154 Å². The molecule has 182 valence electrons. The van der Waals surface area contributed by atoms with E-state index in [0.29, 0.717) is 24.2 Å². The number of carbonyl (C=O) groups excluding carboxylic acids is 1. The number of anilines is 1. The van der Waals surface area contributed by atoms with Crippen LogP contribution in [-0.4, -0.2) is 32.3 Å². The predicted octanol–water partition coefficient (Wildman–Crippen LogP) is 4.51. The molecule has 1 aromatic carbocycles. The number of carbonyl (C=O) groups is 2. The zero-order valence-electron chi connectivity index (χ0n) is 19.1. The lowest BCUT2D eigenvalue weighted by molar-refractivity contribution is -0.140. The first kappa shape index (κ1) is 21.9. The number of nitrogens with one attached hydrogen (secondary N) is 1. The summed E-state index contributed by atoms with van der Waals surface area (Å²) >= 11 is 0. The summed E-state index contributed by atoms with van der Waals surface area (Å²) in [6.07, 6.45) is 1.67. The monoisotopic (exact) mass is 488 g/mol. The highest BCUT2D eigenvalue weighted by Gasteiger charge is 2.56. The summed E-state index contributed by atoms with van der Waals surface area (Å²) in [5, 5.41) is 16.2. The number of fused-ring (bicyclic) bond motifs is 1. The van der Waals surface area contributed by atoms with Gasteiger partial charge in [-0.1, -0.05) is 35.5 Å². The maximum Gasteiger partial charge on any atom is 0.412 e. The van der Waals surface area contributed by atoms with Gasteiger partial charge in [0.05, 0.1) is 0 Å². The van der Waals surface area contributed by atoms with Crippen molar-refractivity contribution in [2.45, 2.75) is 50.0 Å². The summed E-state index contributed by atoms with van der Waals surface area (Å²) in [5.74, 6) is 4.90. The summed E-state index contributed by atoms with van der Waals surface area (Å²) in [5.41, 5.74) is 0.857. The van der Waals surface area contributed by atoms with E-state index in [-0.39, 0.29) is 34.9 Å². The van der Waals surface area contributed by atoms with E-state index in [1.165, 1.54) is 0 Å². The molecular formula is C25H20N4O7. The van der Waals surface area contributed by atoms with E-state index in [1.807, 2.05) is 30.3 Å². The molecular weight excluding hydrogens is 468 g/mol. The molecule has 4 aromatic rings. The number of oxazole rings is 2. The lowest BCUT2D eigenvalue weighted by atomic mass is 10.1. The molecule has 0 radical (unpaired) electrons. The Labute approximate surface area is 203 Å². The summed E-state index contributed by atoms with van der Waals surface area (Å²) in [6, 6.07) is 9.39. The number of aliphatic carboxylic acids is 1. The SMILES string of the molecule is CC(OC(=O)Nc1c(C2CC2)noc1C#Cc1nc2oc(C3(C(=O)O)CC3)nc2o1)c1ccccc1. The highest BCUT2D eigenvalue weighted by molar-refractivity contribution is 5.87. The third kappa shape index (κ3) is 3.96. The maximum absolute atomic E-state index is 12.6. The van der Waals surface area contributed by atoms with Gasteiger partial charge in [0, 0.05) is 11.8 Å². The Hall–Kier alpha value is -4.59. The molecule has 1 atom stereocenters. The van der Waals surface area contributed by atoms with Crippen molar-refractivity contribution in [1.29, 1.82) is 0 Å². The molecule has 6 rings (SSSR count). The second-order valence-corrected chi connectivity index (χ2v) is 8.92. The average molecular weight is 488 g/mol. The molecule has 0 aliphatic heterocycles. The summed E-state index contributed by atoms with van der Waals surface area (Å²) in [7, 11) is 0. The van der Waals surface area contributed by atoms with Crippen molar-refractivity contribution in [2.75, 3.05) is 5.32 Å². The number of carboxylic acids is 1. The molecule has 2 aliphatic rings. The van der Waals surface area contributed by atoms with Gasteiger partial charge < -0.3 is 23.2 Å². The molecule has 1 amide bonds. The lowest BCUT2D eigenvalue weighted by Gasteiger charge is -2.14. The van der Waals surface area contributed by atoms with Crippen molar-refractivity contribution < 1.29 is 32.8 Å². The van der Waals surface area contributed by atoms with Crippen LogP contribution in [0.5, 0.6) is 0 Å². The molecule has 2 saturated carbocycles. The highest BCUT2D eigenvalue weighted by atomic mass is 16.6. The molecule has 11 heteroatoms. The summed E-state index contributed by atoms with van der Waals surface area (Å²) in [6.45, 7) is 1.78. The molecule has 1 unspecified atom stereocenters. The normalized spacial score (nSPS) is 16.7. The molecule has 2 aliphatic carbocycles. The summed E-state index contributed by atoms with van der Waals surface area (Å²) < 4.78 is 21.9. The number of aromatic nitrogens is 3. The largest absolute Gasteiger partial charge is 0.480 e. The minimum atomic E-state index is -1.10. The molecule has 3 heterocycles. The molecule has 0 saturated heterocycles. The number of rotatable bonds is 6. The van der Waals surface area contributed by atoms with Crippen molar-refractivity contribution in [3.63, 3.8) is 0 Å². The predicted molar refractivity (Wildman–Crippen MR) is 122 cm³/mol. The quantitative estimate of drug-likeness (QED) is 0.371. The Morgan fingerprint density at radius 3 is 2.56 bits per heavy atom. The van der Waals surface area contributed by atoms with Crippen LogP contribution in [0, 0.1) is 11.8 Å². The van der Waals surface area contributed by atoms with Crippen LogP contribution in [0.15, 0.2) is 43.7 Å². The van der Waals surface area contributed by atoms with E-state index in [9.17, 15) is 14.7 Å². The van der Waals surface area contributed by atoms with E-state index in [0.717, 1.165) is 18.4 Å². The fourth-order valence-electron chi connectivity index (χ4n) is 3.88. The minimum Gasteiger partial charge on any atom is -0.480 e. The van der Waals surface area contributed by atoms with E-state index in [1.54, 1.807) is 6.92 Å². The Morgan fingerprint density at radius 1 is 1.14 bits per heavy atom. The Kier molecular flexibility index (Phi) is 5.03. The van der Waals surface area contributed by atoms with Crippen LogP contribution in [0.2, 0.25) is 0 Å². The Bertz CT molecular complexity index is 1500. The second-order valence-electron chi connectivity index (χ2n) is 8.92.